The second-order valence-corrected chi connectivity index (χ2v) is 6.06. The number of methoxy groups -OCH3 is 1. The van der Waals surface area contributed by atoms with E-state index in [1.807, 2.05) is 0 Å². The number of hydrogen-bond donors (Lipinski definition) is 0. The van der Waals surface area contributed by atoms with Crippen LogP contribution >= 0.6 is 46.1 Å². The van der Waals surface area contributed by atoms with Gasteiger partial charge in [-0.3, -0.25) is 0 Å². The van der Waals surface area contributed by atoms with Crippen molar-refractivity contribution < 1.29 is 14.4 Å². The van der Waals surface area contributed by atoms with E-state index >= 15 is 0 Å². The molecule has 4 nitrogen and oxygen atoms in total. The molecule has 1 aromatic heterocycles. The van der Waals surface area contributed by atoms with Crippen LogP contribution in [0.5, 0.6) is 5.75 Å². The van der Waals surface area contributed by atoms with E-state index in [2.05, 4.69) is 5.16 Å². The lowest BCUT2D eigenvalue weighted by Gasteiger charge is -2.01. The van der Waals surface area contributed by atoms with E-state index in [-0.39, 0.29) is 11.3 Å². The topological polar surface area (TPSA) is 47.9 Å². The maximum absolute atomic E-state index is 11.8. The van der Waals surface area contributed by atoms with E-state index in [0.717, 1.165) is 0 Å². The summed E-state index contributed by atoms with van der Waals surface area (Å²) in [6, 6.07) is 4.87. The maximum Gasteiger partial charge on any atom is 0.370 e. The Kier molecular flexibility index (Phi) is 5.47. The molecule has 0 bridgehead atoms. The van der Waals surface area contributed by atoms with Crippen LogP contribution in [0.2, 0.25) is 14.4 Å². The molecule has 0 aliphatic heterocycles. The summed E-state index contributed by atoms with van der Waals surface area (Å²) in [6.07, 6.45) is 1.32. The highest BCUT2D eigenvalue weighted by Gasteiger charge is 2.19. The van der Waals surface area contributed by atoms with E-state index in [1.165, 1.54) is 30.0 Å². The number of hydrogen-bond acceptors (Lipinski definition) is 5. The van der Waals surface area contributed by atoms with Gasteiger partial charge in [-0.05, 0) is 12.1 Å². The van der Waals surface area contributed by atoms with E-state index in [0.29, 0.717) is 19.9 Å². The zero-order valence-corrected chi connectivity index (χ0v) is 13.7. The third kappa shape index (κ3) is 3.89. The van der Waals surface area contributed by atoms with Gasteiger partial charge in [0.2, 0.25) is 0 Å². The van der Waals surface area contributed by atoms with Crippen molar-refractivity contribution >= 4 is 58.3 Å². The van der Waals surface area contributed by atoms with Crippen LogP contribution < -0.4 is 4.74 Å². The van der Waals surface area contributed by atoms with Crippen molar-refractivity contribution in [2.45, 2.75) is 0 Å². The van der Waals surface area contributed by atoms with Crippen LogP contribution in [0.25, 0.3) is 0 Å². The van der Waals surface area contributed by atoms with Gasteiger partial charge < -0.3 is 9.57 Å². The molecule has 0 spiro atoms. The Labute approximate surface area is 139 Å². The maximum atomic E-state index is 11.8. The van der Waals surface area contributed by atoms with Crippen molar-refractivity contribution in [1.82, 2.24) is 0 Å². The summed E-state index contributed by atoms with van der Waals surface area (Å²) < 4.78 is 5.39. The molecule has 1 heterocycles. The standard InChI is InChI=1S/C13H8Cl3NO3S/c1-19-11-9(6-21-12(11)16)13(18)20-17-5-7-2-3-8(14)4-10(7)15/h2-6H,1H3. The number of rotatable bonds is 4. The highest BCUT2D eigenvalue weighted by atomic mass is 35.5. The number of carbonyl (C=O) groups is 1. The molecule has 21 heavy (non-hydrogen) atoms. The van der Waals surface area contributed by atoms with Crippen LogP contribution in [-0.2, 0) is 4.84 Å². The molecule has 8 heteroatoms. The first kappa shape index (κ1) is 16.1. The highest BCUT2D eigenvalue weighted by molar-refractivity contribution is 7.15. The van der Waals surface area contributed by atoms with Crippen LogP contribution in [-0.4, -0.2) is 19.3 Å². The Bertz CT molecular complexity index is 700. The molecule has 0 saturated heterocycles. The largest absolute Gasteiger partial charge is 0.493 e. The van der Waals surface area contributed by atoms with Crippen LogP contribution in [0.3, 0.4) is 0 Å². The smallest absolute Gasteiger partial charge is 0.370 e. The molecule has 0 amide bonds. The Morgan fingerprint density at radius 1 is 1.33 bits per heavy atom. The van der Waals surface area contributed by atoms with E-state index in [1.54, 1.807) is 18.2 Å². The Balaban J connectivity index is 2.08. The number of nitrogens with zero attached hydrogens (tertiary/aromatic N) is 1. The van der Waals surface area contributed by atoms with Gasteiger partial charge in [-0.2, -0.15) is 0 Å². The second kappa shape index (κ2) is 7.13. The summed E-state index contributed by atoms with van der Waals surface area (Å²) in [5.74, 6) is -0.400. The fraction of sp³-hybridized carbons (Fsp3) is 0.0769. The van der Waals surface area contributed by atoms with Gasteiger partial charge >= 0.3 is 5.97 Å². The van der Waals surface area contributed by atoms with Crippen LogP contribution in [0.15, 0.2) is 28.7 Å². The van der Waals surface area contributed by atoms with Crippen molar-refractivity contribution in [3.63, 3.8) is 0 Å². The molecule has 0 radical (unpaired) electrons. The fourth-order valence-corrected chi connectivity index (χ4v) is 2.94. The quantitative estimate of drug-likeness (QED) is 0.440. The lowest BCUT2D eigenvalue weighted by molar-refractivity contribution is 0.0516. The van der Waals surface area contributed by atoms with Gasteiger partial charge in [0, 0.05) is 16.0 Å². The predicted molar refractivity (Wildman–Crippen MR) is 85.4 cm³/mol. The Morgan fingerprint density at radius 3 is 2.76 bits per heavy atom. The molecular formula is C13H8Cl3NO3S. The first-order valence-corrected chi connectivity index (χ1v) is 7.55. The van der Waals surface area contributed by atoms with Gasteiger partial charge in [0.1, 0.15) is 9.90 Å². The summed E-state index contributed by atoms with van der Waals surface area (Å²) in [4.78, 5) is 16.6. The minimum Gasteiger partial charge on any atom is -0.493 e. The SMILES string of the molecule is COc1c(C(=O)ON=Cc2ccc(Cl)cc2Cl)csc1Cl. The summed E-state index contributed by atoms with van der Waals surface area (Å²) in [7, 11) is 1.42. The number of benzene rings is 1. The zero-order chi connectivity index (χ0) is 15.4. The van der Waals surface area contributed by atoms with E-state index in [9.17, 15) is 4.79 Å². The number of carbonyl (C=O) groups excluding carboxylic acids is 1. The molecule has 1 aromatic carbocycles. The van der Waals surface area contributed by atoms with E-state index < -0.39 is 5.97 Å². The molecule has 2 rings (SSSR count). The first-order valence-electron chi connectivity index (χ1n) is 5.53. The van der Waals surface area contributed by atoms with Crippen molar-refractivity contribution in [1.29, 1.82) is 0 Å². The molecular weight excluding hydrogens is 357 g/mol. The monoisotopic (exact) mass is 363 g/mol. The minimum atomic E-state index is -0.670. The number of oxime groups is 1. The van der Waals surface area contributed by atoms with Crippen LogP contribution in [0, 0.1) is 0 Å². The van der Waals surface area contributed by atoms with E-state index in [4.69, 9.17) is 44.4 Å². The molecule has 0 fully saturated rings. The molecule has 0 aliphatic carbocycles. The molecule has 0 unspecified atom stereocenters. The molecule has 0 atom stereocenters. The average Bonchev–Trinajstić information content (AvgIpc) is 2.82. The van der Waals surface area contributed by atoms with Gasteiger partial charge in [0.05, 0.1) is 18.3 Å². The van der Waals surface area contributed by atoms with Crippen molar-refractivity contribution in [3.8, 4) is 5.75 Å². The van der Waals surface area contributed by atoms with Crippen LogP contribution in [0.4, 0.5) is 0 Å². The highest BCUT2D eigenvalue weighted by Crippen LogP contribution is 2.35. The van der Waals surface area contributed by atoms with Crippen molar-refractivity contribution in [3.05, 3.63) is 49.1 Å². The Hall–Kier alpha value is -1.27. The third-order valence-electron chi connectivity index (χ3n) is 2.42. The van der Waals surface area contributed by atoms with Gasteiger partial charge in [0.25, 0.3) is 0 Å². The molecule has 2 aromatic rings. The summed E-state index contributed by atoms with van der Waals surface area (Å²) in [5, 5.41) is 6.04. The number of thiophene rings is 1. The third-order valence-corrected chi connectivity index (χ3v) is 4.16. The van der Waals surface area contributed by atoms with Crippen LogP contribution in [0.1, 0.15) is 15.9 Å². The lowest BCUT2D eigenvalue weighted by atomic mass is 10.2. The predicted octanol–water partition coefficient (Wildman–Crippen LogP) is 4.91. The summed E-state index contributed by atoms with van der Waals surface area (Å²) >= 11 is 18.8. The van der Waals surface area contributed by atoms with Gasteiger partial charge in [-0.15, -0.1) is 11.3 Å². The fourth-order valence-electron chi connectivity index (χ4n) is 1.44. The molecule has 0 aliphatic rings. The van der Waals surface area contributed by atoms with Gasteiger partial charge in [0.15, 0.2) is 5.75 Å². The van der Waals surface area contributed by atoms with Crippen molar-refractivity contribution in [2.24, 2.45) is 5.16 Å². The molecule has 0 N–H and O–H groups in total. The minimum absolute atomic E-state index is 0.215. The summed E-state index contributed by atoms with van der Waals surface area (Å²) in [5.41, 5.74) is 0.788. The normalized spacial score (nSPS) is 10.9. The second-order valence-electron chi connectivity index (χ2n) is 3.74. The first-order chi connectivity index (χ1) is 10.0. The Morgan fingerprint density at radius 2 is 2.10 bits per heavy atom. The summed E-state index contributed by atoms with van der Waals surface area (Å²) in [6.45, 7) is 0. The van der Waals surface area contributed by atoms with Crippen molar-refractivity contribution in [2.75, 3.05) is 7.11 Å². The van der Waals surface area contributed by atoms with Gasteiger partial charge in [-0.1, -0.05) is 46.0 Å². The lowest BCUT2D eigenvalue weighted by Crippen LogP contribution is -2.01. The molecule has 0 saturated carbocycles. The molecule has 110 valence electrons. The number of ether oxygens (including phenoxy) is 1. The number of halogens is 3. The zero-order valence-electron chi connectivity index (χ0n) is 10.6. The van der Waals surface area contributed by atoms with Gasteiger partial charge in [-0.25, -0.2) is 4.79 Å². The average molecular weight is 365 g/mol.